The summed E-state index contributed by atoms with van der Waals surface area (Å²) in [5.41, 5.74) is 1.85. The molecule has 6 nitrogen and oxygen atoms in total. The SMILES string of the molecule is O=C(CN1CCN(c2ccc(F)cc2)CC1)CN1C(=O)CCC(c2ccccc2)C1=O. The lowest BCUT2D eigenvalue weighted by Gasteiger charge is -2.36. The maximum Gasteiger partial charge on any atom is 0.237 e. The molecule has 2 heterocycles. The summed E-state index contributed by atoms with van der Waals surface area (Å²) in [7, 11) is 0. The van der Waals surface area contributed by atoms with E-state index in [2.05, 4.69) is 4.90 Å². The van der Waals surface area contributed by atoms with Gasteiger partial charge >= 0.3 is 0 Å². The van der Waals surface area contributed by atoms with Gasteiger partial charge in [0.25, 0.3) is 0 Å². The molecule has 2 aliphatic rings. The van der Waals surface area contributed by atoms with Crippen molar-refractivity contribution in [1.29, 1.82) is 0 Å². The van der Waals surface area contributed by atoms with E-state index in [0.717, 1.165) is 29.2 Å². The van der Waals surface area contributed by atoms with Crippen LogP contribution in [0.4, 0.5) is 10.1 Å². The number of ketones is 1. The molecule has 0 bridgehead atoms. The summed E-state index contributed by atoms with van der Waals surface area (Å²) in [4.78, 5) is 43.2. The molecule has 2 aromatic rings. The van der Waals surface area contributed by atoms with Gasteiger partial charge in [0.2, 0.25) is 11.8 Å². The zero-order valence-electron chi connectivity index (χ0n) is 17.4. The fraction of sp³-hybridized carbons (Fsp3) is 0.375. The average Bonchev–Trinajstić information content (AvgIpc) is 2.78. The molecule has 2 aliphatic heterocycles. The number of benzene rings is 2. The van der Waals surface area contributed by atoms with Gasteiger partial charge in [0.05, 0.1) is 19.0 Å². The molecule has 0 saturated carbocycles. The maximum atomic E-state index is 13.1. The number of hydrogen-bond donors (Lipinski definition) is 0. The van der Waals surface area contributed by atoms with Crippen LogP contribution in [0.15, 0.2) is 54.6 Å². The first kappa shape index (κ1) is 21.2. The van der Waals surface area contributed by atoms with Crippen LogP contribution in [0.2, 0.25) is 0 Å². The van der Waals surface area contributed by atoms with Crippen LogP contribution in [0.5, 0.6) is 0 Å². The minimum Gasteiger partial charge on any atom is -0.369 e. The van der Waals surface area contributed by atoms with Gasteiger partial charge in [-0.05, 0) is 36.2 Å². The Morgan fingerprint density at radius 1 is 0.903 bits per heavy atom. The normalized spacial score (nSPS) is 20.2. The van der Waals surface area contributed by atoms with Crippen molar-refractivity contribution in [3.8, 4) is 0 Å². The summed E-state index contributed by atoms with van der Waals surface area (Å²) in [5, 5.41) is 0. The second-order valence-electron chi connectivity index (χ2n) is 8.10. The molecule has 1 unspecified atom stereocenters. The molecule has 1 atom stereocenters. The molecule has 4 rings (SSSR count). The van der Waals surface area contributed by atoms with E-state index in [-0.39, 0.29) is 48.8 Å². The number of carbonyl (C=O) groups excluding carboxylic acids is 3. The van der Waals surface area contributed by atoms with Crippen molar-refractivity contribution in [1.82, 2.24) is 9.80 Å². The quantitative estimate of drug-likeness (QED) is 0.668. The summed E-state index contributed by atoms with van der Waals surface area (Å²) in [6, 6.07) is 15.8. The highest BCUT2D eigenvalue weighted by Crippen LogP contribution is 2.28. The predicted octanol–water partition coefficient (Wildman–Crippen LogP) is 2.45. The van der Waals surface area contributed by atoms with Gasteiger partial charge in [-0.15, -0.1) is 0 Å². The van der Waals surface area contributed by atoms with Crippen molar-refractivity contribution >= 4 is 23.3 Å². The molecule has 7 heteroatoms. The van der Waals surface area contributed by atoms with Crippen LogP contribution >= 0.6 is 0 Å². The lowest BCUT2D eigenvalue weighted by molar-refractivity contribution is -0.151. The monoisotopic (exact) mass is 423 g/mol. The van der Waals surface area contributed by atoms with E-state index in [1.165, 1.54) is 12.1 Å². The van der Waals surface area contributed by atoms with Crippen LogP contribution in [-0.4, -0.2) is 66.7 Å². The van der Waals surface area contributed by atoms with Gasteiger partial charge in [0.1, 0.15) is 5.82 Å². The van der Waals surface area contributed by atoms with Crippen LogP contribution in [0.1, 0.15) is 24.3 Å². The Morgan fingerprint density at radius 2 is 1.58 bits per heavy atom. The van der Waals surface area contributed by atoms with E-state index in [4.69, 9.17) is 0 Å². The van der Waals surface area contributed by atoms with Gasteiger partial charge in [0.15, 0.2) is 5.78 Å². The highest BCUT2D eigenvalue weighted by atomic mass is 19.1. The molecule has 2 fully saturated rings. The average molecular weight is 423 g/mol. The number of hydrogen-bond acceptors (Lipinski definition) is 5. The van der Waals surface area contributed by atoms with Gasteiger partial charge in [0, 0.05) is 38.3 Å². The van der Waals surface area contributed by atoms with Crippen LogP contribution in [0.25, 0.3) is 0 Å². The number of Topliss-reactive ketones (excluding diaryl/α,β-unsaturated/α-hetero) is 1. The standard InChI is InChI=1S/C24H26FN3O3/c25-19-6-8-20(9-7-19)27-14-12-26(13-15-27)16-21(29)17-28-23(30)11-10-22(24(28)31)18-4-2-1-3-5-18/h1-9,22H,10-17H2. The van der Waals surface area contributed by atoms with E-state index < -0.39 is 0 Å². The maximum absolute atomic E-state index is 13.1. The van der Waals surface area contributed by atoms with E-state index in [1.807, 2.05) is 35.2 Å². The summed E-state index contributed by atoms with van der Waals surface area (Å²) in [5.74, 6) is -1.32. The van der Waals surface area contributed by atoms with Crippen molar-refractivity contribution in [3.05, 3.63) is 66.0 Å². The molecule has 0 aliphatic carbocycles. The number of imide groups is 1. The van der Waals surface area contributed by atoms with Crippen LogP contribution in [0.3, 0.4) is 0 Å². The molecule has 0 spiro atoms. The topological polar surface area (TPSA) is 60.9 Å². The van der Waals surface area contributed by atoms with Gasteiger partial charge in [-0.1, -0.05) is 30.3 Å². The number of carbonyl (C=O) groups is 3. The third kappa shape index (κ3) is 4.99. The van der Waals surface area contributed by atoms with Crippen molar-refractivity contribution in [2.45, 2.75) is 18.8 Å². The number of rotatable bonds is 6. The van der Waals surface area contributed by atoms with Crippen LogP contribution in [-0.2, 0) is 14.4 Å². The molecule has 2 amide bonds. The highest BCUT2D eigenvalue weighted by molar-refractivity contribution is 6.04. The van der Waals surface area contributed by atoms with Crippen LogP contribution < -0.4 is 4.90 Å². The largest absolute Gasteiger partial charge is 0.369 e. The van der Waals surface area contributed by atoms with E-state index in [0.29, 0.717) is 19.5 Å². The Labute approximate surface area is 181 Å². The third-order valence-corrected chi connectivity index (χ3v) is 6.01. The number of likely N-dealkylation sites (tertiary alicyclic amines) is 1. The van der Waals surface area contributed by atoms with Crippen molar-refractivity contribution in [2.75, 3.05) is 44.2 Å². The van der Waals surface area contributed by atoms with E-state index in [9.17, 15) is 18.8 Å². The number of nitrogens with zero attached hydrogens (tertiary/aromatic N) is 3. The molecule has 162 valence electrons. The number of amides is 2. The molecule has 0 radical (unpaired) electrons. The lowest BCUT2D eigenvalue weighted by atomic mass is 9.89. The van der Waals surface area contributed by atoms with Crippen molar-refractivity contribution < 1.29 is 18.8 Å². The second kappa shape index (κ2) is 9.39. The van der Waals surface area contributed by atoms with Gasteiger partial charge in [-0.2, -0.15) is 0 Å². The Morgan fingerprint density at radius 3 is 2.26 bits per heavy atom. The number of halogens is 1. The van der Waals surface area contributed by atoms with Gasteiger partial charge < -0.3 is 4.90 Å². The Balaban J connectivity index is 1.30. The number of piperidine rings is 1. The van der Waals surface area contributed by atoms with Crippen LogP contribution in [0, 0.1) is 5.82 Å². The van der Waals surface area contributed by atoms with Crippen molar-refractivity contribution in [2.24, 2.45) is 0 Å². The lowest BCUT2D eigenvalue weighted by Crippen LogP contribution is -2.51. The van der Waals surface area contributed by atoms with Gasteiger partial charge in [-0.3, -0.25) is 24.2 Å². The molecule has 31 heavy (non-hydrogen) atoms. The molecular formula is C24H26FN3O3. The second-order valence-corrected chi connectivity index (χ2v) is 8.10. The first-order chi connectivity index (χ1) is 15.0. The highest BCUT2D eigenvalue weighted by Gasteiger charge is 2.36. The fourth-order valence-corrected chi connectivity index (χ4v) is 4.29. The minimum absolute atomic E-state index is 0.134. The Kier molecular flexibility index (Phi) is 6.42. The Bertz CT molecular complexity index is 940. The zero-order valence-corrected chi connectivity index (χ0v) is 17.4. The predicted molar refractivity (Wildman–Crippen MR) is 115 cm³/mol. The number of anilines is 1. The van der Waals surface area contributed by atoms with E-state index >= 15 is 0 Å². The first-order valence-corrected chi connectivity index (χ1v) is 10.6. The van der Waals surface area contributed by atoms with Gasteiger partial charge in [-0.25, -0.2) is 4.39 Å². The third-order valence-electron chi connectivity index (χ3n) is 6.01. The first-order valence-electron chi connectivity index (χ1n) is 10.6. The smallest absolute Gasteiger partial charge is 0.237 e. The molecular weight excluding hydrogens is 397 g/mol. The summed E-state index contributed by atoms with van der Waals surface area (Å²) in [6.07, 6.45) is 0.757. The molecule has 0 aromatic heterocycles. The van der Waals surface area contributed by atoms with Crippen molar-refractivity contribution in [3.63, 3.8) is 0 Å². The summed E-state index contributed by atoms with van der Waals surface area (Å²) < 4.78 is 13.1. The molecule has 0 N–H and O–H groups in total. The van der Waals surface area contributed by atoms with E-state index in [1.54, 1.807) is 12.1 Å². The summed E-state index contributed by atoms with van der Waals surface area (Å²) in [6.45, 7) is 2.89. The molecule has 2 saturated heterocycles. The molecule has 2 aromatic carbocycles. The minimum atomic E-state index is -0.369. The zero-order chi connectivity index (χ0) is 21.8. The Hall–Kier alpha value is -3.06. The fourth-order valence-electron chi connectivity index (χ4n) is 4.29. The summed E-state index contributed by atoms with van der Waals surface area (Å²) >= 11 is 0. The number of piperazine rings is 1.